The Morgan fingerprint density at radius 3 is 2.59 bits per heavy atom. The Morgan fingerprint density at radius 2 is 1.82 bits per heavy atom. The predicted molar refractivity (Wildman–Crippen MR) is 136 cm³/mol. The summed E-state index contributed by atoms with van der Waals surface area (Å²) in [6.07, 6.45) is 4.70. The van der Waals surface area contributed by atoms with Crippen LogP contribution in [0, 0.1) is 5.82 Å². The Bertz CT molecular complexity index is 1360. The molecule has 1 aromatic heterocycles. The van der Waals surface area contributed by atoms with Crippen LogP contribution in [0.3, 0.4) is 0 Å². The summed E-state index contributed by atoms with van der Waals surface area (Å²) in [6.45, 7) is 0.643. The van der Waals surface area contributed by atoms with Crippen LogP contribution in [0.2, 0.25) is 5.02 Å². The summed E-state index contributed by atoms with van der Waals surface area (Å²) in [6, 6.07) is 17.9. The van der Waals surface area contributed by atoms with Crippen molar-refractivity contribution in [2.45, 2.75) is 0 Å². The van der Waals surface area contributed by atoms with Crippen molar-refractivity contribution in [3.8, 4) is 11.1 Å². The van der Waals surface area contributed by atoms with Gasteiger partial charge in [0.05, 0.1) is 21.6 Å². The molecule has 34 heavy (non-hydrogen) atoms. The lowest BCUT2D eigenvalue weighted by Gasteiger charge is -2.17. The van der Waals surface area contributed by atoms with Gasteiger partial charge in [-0.05, 0) is 43.9 Å². The van der Waals surface area contributed by atoms with Crippen molar-refractivity contribution in [2.75, 3.05) is 31.3 Å². The third-order valence-corrected chi connectivity index (χ3v) is 5.36. The van der Waals surface area contributed by atoms with Crippen molar-refractivity contribution < 1.29 is 9.18 Å². The Kier molecular flexibility index (Phi) is 7.15. The molecule has 1 amide bonds. The van der Waals surface area contributed by atoms with Gasteiger partial charge in [-0.15, -0.1) is 0 Å². The van der Waals surface area contributed by atoms with Gasteiger partial charge in [0.2, 0.25) is 5.91 Å². The van der Waals surface area contributed by atoms with Crippen LogP contribution < -0.4 is 10.6 Å². The Morgan fingerprint density at radius 1 is 1.03 bits per heavy atom. The first-order valence-corrected chi connectivity index (χ1v) is 11.0. The number of hydrogen-bond donors (Lipinski definition) is 2. The summed E-state index contributed by atoms with van der Waals surface area (Å²) in [5, 5.41) is 6.66. The fourth-order valence-corrected chi connectivity index (χ4v) is 3.70. The molecule has 0 bridgehead atoms. The molecule has 0 aliphatic heterocycles. The molecule has 8 heteroatoms. The van der Waals surface area contributed by atoms with Crippen LogP contribution in [0.1, 0.15) is 0 Å². The number of rotatable bonds is 7. The number of benzene rings is 3. The number of halogens is 2. The molecule has 0 aliphatic rings. The van der Waals surface area contributed by atoms with Crippen LogP contribution in [-0.2, 0) is 4.79 Å². The number of likely N-dealkylation sites (N-methyl/N-ethyl adjacent to an activating group) is 1. The zero-order valence-corrected chi connectivity index (χ0v) is 19.5. The standard InChI is InChI=1S/C26H23ClFN5O/c1-33(2)15-7-12-22(34)31-20-14-13-19-24(23(20)17-8-4-3-5-9-17)26(30-16-29-19)32-21-11-6-10-18(27)25(21)28/h3-14,16H,15H2,1-2H3,(H,31,34)(H,29,30,32)/b12-7+. The molecular formula is C26H23ClFN5O. The number of hydrogen-bond acceptors (Lipinski definition) is 5. The van der Waals surface area contributed by atoms with E-state index < -0.39 is 5.82 Å². The minimum absolute atomic E-state index is 0.00380. The number of nitrogens with one attached hydrogen (secondary N) is 2. The minimum atomic E-state index is -0.576. The second-order valence-electron chi connectivity index (χ2n) is 7.85. The molecule has 1 heterocycles. The largest absolute Gasteiger partial charge is 0.337 e. The first-order valence-electron chi connectivity index (χ1n) is 10.6. The molecule has 0 saturated carbocycles. The third kappa shape index (κ3) is 5.22. The van der Waals surface area contributed by atoms with Crippen molar-refractivity contribution >= 4 is 45.6 Å². The number of carbonyl (C=O) groups is 1. The van der Waals surface area contributed by atoms with Crippen molar-refractivity contribution in [1.82, 2.24) is 14.9 Å². The molecule has 0 unspecified atom stereocenters. The van der Waals surface area contributed by atoms with Crippen LogP contribution in [0.4, 0.5) is 21.6 Å². The summed E-state index contributed by atoms with van der Waals surface area (Å²) in [4.78, 5) is 23.4. The van der Waals surface area contributed by atoms with E-state index in [1.54, 1.807) is 30.3 Å². The van der Waals surface area contributed by atoms with Gasteiger partial charge >= 0.3 is 0 Å². The Balaban J connectivity index is 1.85. The summed E-state index contributed by atoms with van der Waals surface area (Å²) < 4.78 is 14.6. The molecule has 4 rings (SSSR count). The van der Waals surface area contributed by atoms with E-state index in [0.29, 0.717) is 29.0 Å². The van der Waals surface area contributed by atoms with Crippen LogP contribution >= 0.6 is 11.6 Å². The minimum Gasteiger partial charge on any atom is -0.337 e. The van der Waals surface area contributed by atoms with Gasteiger partial charge in [-0.3, -0.25) is 4.79 Å². The SMILES string of the molecule is CN(C)C/C=C/C(=O)Nc1ccc2ncnc(Nc3cccc(Cl)c3F)c2c1-c1ccccc1. The lowest BCUT2D eigenvalue weighted by atomic mass is 9.98. The maximum Gasteiger partial charge on any atom is 0.248 e. The molecule has 0 aliphatic carbocycles. The smallest absolute Gasteiger partial charge is 0.248 e. The highest BCUT2D eigenvalue weighted by Crippen LogP contribution is 2.39. The van der Waals surface area contributed by atoms with Gasteiger partial charge in [0.25, 0.3) is 0 Å². The zero-order chi connectivity index (χ0) is 24.1. The second kappa shape index (κ2) is 10.4. The van der Waals surface area contributed by atoms with E-state index in [2.05, 4.69) is 20.6 Å². The monoisotopic (exact) mass is 475 g/mol. The molecule has 0 radical (unpaired) electrons. The van der Waals surface area contributed by atoms with Crippen LogP contribution in [0.25, 0.3) is 22.0 Å². The highest BCUT2D eigenvalue weighted by Gasteiger charge is 2.17. The lowest BCUT2D eigenvalue weighted by Crippen LogP contribution is -2.13. The van der Waals surface area contributed by atoms with Gasteiger partial charge in [0, 0.05) is 23.9 Å². The van der Waals surface area contributed by atoms with Crippen LogP contribution in [-0.4, -0.2) is 41.4 Å². The molecule has 172 valence electrons. The van der Waals surface area contributed by atoms with Crippen LogP contribution in [0.5, 0.6) is 0 Å². The van der Waals surface area contributed by atoms with Crippen molar-refractivity contribution in [3.63, 3.8) is 0 Å². The maximum absolute atomic E-state index is 14.6. The van der Waals surface area contributed by atoms with Gasteiger partial charge < -0.3 is 15.5 Å². The molecule has 0 fully saturated rings. The molecule has 0 saturated heterocycles. The first-order chi connectivity index (χ1) is 16.4. The van der Waals surface area contributed by atoms with E-state index in [9.17, 15) is 9.18 Å². The fourth-order valence-electron chi connectivity index (χ4n) is 3.53. The van der Waals surface area contributed by atoms with E-state index in [1.807, 2.05) is 49.3 Å². The predicted octanol–water partition coefficient (Wildman–Crippen LogP) is 5.89. The van der Waals surface area contributed by atoms with Crippen molar-refractivity contribution in [3.05, 3.63) is 90.0 Å². The molecular weight excluding hydrogens is 453 g/mol. The van der Waals surface area contributed by atoms with E-state index >= 15 is 0 Å². The fraction of sp³-hybridized carbons (Fsp3) is 0.115. The third-order valence-electron chi connectivity index (χ3n) is 5.07. The highest BCUT2D eigenvalue weighted by atomic mass is 35.5. The molecule has 4 aromatic rings. The van der Waals surface area contributed by atoms with E-state index in [-0.39, 0.29) is 16.6 Å². The normalized spacial score (nSPS) is 11.3. The van der Waals surface area contributed by atoms with Gasteiger partial charge in [0.1, 0.15) is 12.1 Å². The topological polar surface area (TPSA) is 70.2 Å². The molecule has 0 spiro atoms. The highest BCUT2D eigenvalue weighted by molar-refractivity contribution is 6.31. The first kappa shape index (κ1) is 23.4. The number of nitrogens with zero attached hydrogens (tertiary/aromatic N) is 3. The number of anilines is 3. The van der Waals surface area contributed by atoms with Gasteiger partial charge in [0.15, 0.2) is 5.82 Å². The Labute approximate surface area is 202 Å². The summed E-state index contributed by atoms with van der Waals surface area (Å²) in [5.74, 6) is -0.442. The number of fused-ring (bicyclic) bond motifs is 1. The average Bonchev–Trinajstić information content (AvgIpc) is 2.82. The average molecular weight is 476 g/mol. The van der Waals surface area contributed by atoms with Crippen LogP contribution in [0.15, 0.2) is 79.1 Å². The van der Waals surface area contributed by atoms with E-state index in [1.165, 1.54) is 18.5 Å². The number of carbonyl (C=O) groups excluding carboxylic acids is 1. The van der Waals surface area contributed by atoms with E-state index in [0.717, 1.165) is 11.1 Å². The summed E-state index contributed by atoms with van der Waals surface area (Å²) in [5.41, 5.74) is 2.98. The molecule has 2 N–H and O–H groups in total. The zero-order valence-electron chi connectivity index (χ0n) is 18.7. The maximum atomic E-state index is 14.6. The summed E-state index contributed by atoms with van der Waals surface area (Å²) >= 11 is 5.96. The van der Waals surface area contributed by atoms with Gasteiger partial charge in [-0.1, -0.05) is 54.1 Å². The van der Waals surface area contributed by atoms with Gasteiger partial charge in [-0.2, -0.15) is 0 Å². The van der Waals surface area contributed by atoms with E-state index in [4.69, 9.17) is 11.6 Å². The number of amides is 1. The number of aromatic nitrogens is 2. The quantitative estimate of drug-likeness (QED) is 0.326. The second-order valence-corrected chi connectivity index (χ2v) is 8.26. The van der Waals surface area contributed by atoms with Crippen molar-refractivity contribution in [1.29, 1.82) is 0 Å². The molecule has 3 aromatic carbocycles. The molecule has 6 nitrogen and oxygen atoms in total. The summed E-state index contributed by atoms with van der Waals surface area (Å²) in [7, 11) is 3.85. The van der Waals surface area contributed by atoms with Gasteiger partial charge in [-0.25, -0.2) is 14.4 Å². The molecule has 0 atom stereocenters. The lowest BCUT2D eigenvalue weighted by molar-refractivity contribution is -0.111. The Hall–Kier alpha value is -3.81. The van der Waals surface area contributed by atoms with Crippen molar-refractivity contribution in [2.24, 2.45) is 0 Å².